The molecular formula is C19H16F4N6O. The lowest BCUT2D eigenvalue weighted by atomic mass is 10.1. The minimum atomic E-state index is -4.62. The molecule has 0 aliphatic heterocycles. The minimum Gasteiger partial charge on any atom is -0.338 e. The number of halogens is 4. The van der Waals surface area contributed by atoms with Crippen molar-refractivity contribution < 1.29 is 22.4 Å². The summed E-state index contributed by atoms with van der Waals surface area (Å²) in [6, 6.07) is 2.84. The summed E-state index contributed by atoms with van der Waals surface area (Å²) >= 11 is 0. The van der Waals surface area contributed by atoms with Crippen LogP contribution in [0.25, 0.3) is 17.6 Å². The zero-order valence-corrected chi connectivity index (χ0v) is 15.7. The van der Waals surface area contributed by atoms with Gasteiger partial charge in [0.05, 0.1) is 5.56 Å². The normalized spacial score (nSPS) is 11.8. The van der Waals surface area contributed by atoms with Crippen LogP contribution >= 0.6 is 0 Å². The Morgan fingerprint density at radius 1 is 1.17 bits per heavy atom. The van der Waals surface area contributed by atoms with Gasteiger partial charge in [-0.1, -0.05) is 0 Å². The van der Waals surface area contributed by atoms with Crippen LogP contribution in [0, 0.1) is 0 Å². The van der Waals surface area contributed by atoms with Gasteiger partial charge in [0.2, 0.25) is 5.91 Å². The van der Waals surface area contributed by atoms with Crippen LogP contribution in [-0.2, 0) is 24.2 Å². The van der Waals surface area contributed by atoms with Gasteiger partial charge in [-0.25, -0.2) is 24.0 Å². The Kier molecular flexibility index (Phi) is 6.19. The van der Waals surface area contributed by atoms with E-state index in [0.717, 1.165) is 17.7 Å². The van der Waals surface area contributed by atoms with Crippen molar-refractivity contribution in [1.29, 1.82) is 0 Å². The Bertz CT molecular complexity index is 1050. The van der Waals surface area contributed by atoms with E-state index in [-0.39, 0.29) is 22.9 Å². The van der Waals surface area contributed by atoms with Crippen LogP contribution in [0.2, 0.25) is 0 Å². The molecule has 1 amide bonds. The van der Waals surface area contributed by atoms with Gasteiger partial charge < -0.3 is 4.90 Å². The van der Waals surface area contributed by atoms with Gasteiger partial charge in [0.25, 0.3) is 0 Å². The number of hydrogen-bond donors (Lipinski definition) is 0. The monoisotopic (exact) mass is 420 g/mol. The van der Waals surface area contributed by atoms with Gasteiger partial charge in [0.15, 0.2) is 5.82 Å². The van der Waals surface area contributed by atoms with E-state index in [2.05, 4.69) is 20.1 Å². The van der Waals surface area contributed by atoms with E-state index < -0.39 is 18.4 Å². The van der Waals surface area contributed by atoms with Crippen molar-refractivity contribution in [3.63, 3.8) is 0 Å². The maximum Gasteiger partial charge on any atom is 0.416 e. The van der Waals surface area contributed by atoms with Gasteiger partial charge in [-0.3, -0.25) is 4.79 Å². The van der Waals surface area contributed by atoms with Crippen LogP contribution in [0.3, 0.4) is 0 Å². The topological polar surface area (TPSA) is 76.8 Å². The first-order valence-corrected chi connectivity index (χ1v) is 8.62. The second-order valence-electron chi connectivity index (χ2n) is 6.35. The van der Waals surface area contributed by atoms with E-state index in [1.165, 1.54) is 40.6 Å². The molecule has 0 aliphatic rings. The number of hydrogen-bond acceptors (Lipinski definition) is 5. The third-order valence-corrected chi connectivity index (χ3v) is 4.02. The molecule has 1 aromatic carbocycles. The molecule has 11 heteroatoms. The fourth-order valence-electron chi connectivity index (χ4n) is 2.57. The second kappa shape index (κ2) is 8.80. The Labute approximate surface area is 168 Å². The minimum absolute atomic E-state index is 0.0251. The van der Waals surface area contributed by atoms with E-state index in [4.69, 9.17) is 0 Å². The quantitative estimate of drug-likeness (QED) is 0.452. The first-order chi connectivity index (χ1) is 14.3. The van der Waals surface area contributed by atoms with E-state index in [1.807, 2.05) is 0 Å². The van der Waals surface area contributed by atoms with Crippen LogP contribution in [0.1, 0.15) is 16.7 Å². The number of alkyl halides is 4. The lowest BCUT2D eigenvalue weighted by molar-refractivity contribution is -0.137. The number of aromatic nitrogens is 5. The molecule has 0 bridgehead atoms. The molecule has 30 heavy (non-hydrogen) atoms. The van der Waals surface area contributed by atoms with E-state index in [9.17, 15) is 22.4 Å². The SMILES string of the molecule is CN(Cc1cncnc1)C(=O)/C=C\n1cnc(-c2cc(CF)cc(C(F)(F)F)c2)n1. The fraction of sp³-hybridized carbons (Fsp3) is 0.211. The molecule has 156 valence electrons. The van der Waals surface area contributed by atoms with Gasteiger partial charge in [-0.05, 0) is 23.8 Å². The van der Waals surface area contributed by atoms with Gasteiger partial charge in [0, 0.05) is 49.4 Å². The molecular weight excluding hydrogens is 404 g/mol. The van der Waals surface area contributed by atoms with Crippen molar-refractivity contribution in [1.82, 2.24) is 29.6 Å². The zero-order chi connectivity index (χ0) is 21.7. The number of amides is 1. The molecule has 2 aromatic heterocycles. The van der Waals surface area contributed by atoms with Crippen molar-refractivity contribution in [2.24, 2.45) is 0 Å². The highest BCUT2D eigenvalue weighted by atomic mass is 19.4. The summed E-state index contributed by atoms with van der Waals surface area (Å²) in [4.78, 5) is 25.3. The first kappa shape index (κ1) is 21.1. The predicted molar refractivity (Wildman–Crippen MR) is 99.1 cm³/mol. The molecule has 3 aromatic rings. The summed E-state index contributed by atoms with van der Waals surface area (Å²) in [6.45, 7) is -0.756. The van der Waals surface area contributed by atoms with E-state index >= 15 is 0 Å². The van der Waals surface area contributed by atoms with Crippen LogP contribution in [0.5, 0.6) is 0 Å². The van der Waals surface area contributed by atoms with Gasteiger partial charge in [0.1, 0.15) is 19.3 Å². The number of rotatable bonds is 6. The highest BCUT2D eigenvalue weighted by molar-refractivity contribution is 5.89. The number of likely N-dealkylation sites (N-methyl/N-ethyl adjacent to an activating group) is 1. The summed E-state index contributed by atoms with van der Waals surface area (Å²) in [5.41, 5.74) is -0.343. The average Bonchev–Trinajstić information content (AvgIpc) is 3.21. The summed E-state index contributed by atoms with van der Waals surface area (Å²) < 4.78 is 53.2. The predicted octanol–water partition coefficient (Wildman–Crippen LogP) is 3.35. The van der Waals surface area contributed by atoms with Crippen molar-refractivity contribution in [2.45, 2.75) is 19.4 Å². The fourth-order valence-corrected chi connectivity index (χ4v) is 2.57. The molecule has 7 nitrogen and oxygen atoms in total. The maximum absolute atomic E-state index is 13.0. The Morgan fingerprint density at radius 3 is 2.57 bits per heavy atom. The highest BCUT2D eigenvalue weighted by Crippen LogP contribution is 2.32. The third-order valence-electron chi connectivity index (χ3n) is 4.02. The Balaban J connectivity index is 1.74. The standard InChI is InChI=1S/C19H16F4N6O/c1-28(10-14-8-24-11-25-9-14)17(30)2-3-29-12-26-18(27-29)15-4-13(7-20)5-16(6-15)19(21,22)23/h2-6,8-9,11-12H,7,10H2,1H3/b3-2-. The summed E-state index contributed by atoms with van der Waals surface area (Å²) in [7, 11) is 1.59. The van der Waals surface area contributed by atoms with Gasteiger partial charge in [-0.15, -0.1) is 5.10 Å². The van der Waals surface area contributed by atoms with Crippen LogP contribution in [-0.4, -0.2) is 42.6 Å². The summed E-state index contributed by atoms with van der Waals surface area (Å²) in [5.74, 6) is -0.364. The smallest absolute Gasteiger partial charge is 0.338 e. The lowest BCUT2D eigenvalue weighted by Gasteiger charge is -2.14. The second-order valence-corrected chi connectivity index (χ2v) is 6.35. The van der Waals surface area contributed by atoms with Gasteiger partial charge >= 0.3 is 6.18 Å². The highest BCUT2D eigenvalue weighted by Gasteiger charge is 2.31. The Hall–Kier alpha value is -3.63. The molecule has 0 fully saturated rings. The third kappa shape index (κ3) is 5.25. The molecule has 0 radical (unpaired) electrons. The molecule has 0 spiro atoms. The molecule has 0 saturated carbocycles. The maximum atomic E-state index is 13.0. The number of carbonyl (C=O) groups excluding carboxylic acids is 1. The van der Waals surface area contributed by atoms with Crippen LogP contribution in [0.15, 0.2) is 49.3 Å². The summed E-state index contributed by atoms with van der Waals surface area (Å²) in [5, 5.41) is 4.03. The number of nitrogens with zero attached hydrogens (tertiary/aromatic N) is 6. The molecule has 0 aliphatic carbocycles. The van der Waals surface area contributed by atoms with Crippen molar-refractivity contribution in [2.75, 3.05) is 7.05 Å². The summed E-state index contributed by atoms with van der Waals surface area (Å²) in [6.07, 6.45) is 3.73. The van der Waals surface area contributed by atoms with Gasteiger partial charge in [-0.2, -0.15) is 13.2 Å². The molecule has 0 N–H and O–H groups in total. The van der Waals surface area contributed by atoms with Crippen LogP contribution < -0.4 is 0 Å². The average molecular weight is 420 g/mol. The molecule has 3 rings (SSSR count). The number of benzene rings is 1. The molecule has 0 atom stereocenters. The zero-order valence-electron chi connectivity index (χ0n) is 15.7. The van der Waals surface area contributed by atoms with E-state index in [1.54, 1.807) is 19.4 Å². The van der Waals surface area contributed by atoms with Crippen LogP contribution in [0.4, 0.5) is 17.6 Å². The lowest BCUT2D eigenvalue weighted by Crippen LogP contribution is -2.24. The Morgan fingerprint density at radius 2 is 1.90 bits per heavy atom. The van der Waals surface area contributed by atoms with Crippen molar-refractivity contribution in [3.05, 3.63) is 66.0 Å². The first-order valence-electron chi connectivity index (χ1n) is 8.62. The molecule has 0 unspecified atom stereocenters. The molecule has 0 saturated heterocycles. The van der Waals surface area contributed by atoms with Crippen molar-refractivity contribution in [3.8, 4) is 11.4 Å². The number of carbonyl (C=O) groups is 1. The largest absolute Gasteiger partial charge is 0.416 e. The van der Waals surface area contributed by atoms with Crippen molar-refractivity contribution >= 4 is 12.1 Å². The van der Waals surface area contributed by atoms with E-state index in [0.29, 0.717) is 6.54 Å². The molecule has 2 heterocycles.